The second kappa shape index (κ2) is 42.4. The highest BCUT2D eigenvalue weighted by Crippen LogP contribution is 2.19. The number of carbonyl (C=O) groups excluding carboxylic acids is 3. The van der Waals surface area contributed by atoms with E-state index in [1.807, 2.05) is 97.1 Å². The Morgan fingerprint density at radius 3 is 1.17 bits per heavy atom. The van der Waals surface area contributed by atoms with Crippen LogP contribution in [-0.2, 0) is 82.2 Å². The number of aryl methyl sites for hydroxylation is 6. The van der Waals surface area contributed by atoms with Crippen LogP contribution in [0, 0.1) is 0 Å². The molecule has 0 unspecified atom stereocenters. The molecule has 0 bridgehead atoms. The first-order chi connectivity index (χ1) is 40.0. The monoisotopic (exact) mass is 1210 g/mol. The largest absolute Gasteiger partial charge is 0.465 e. The van der Waals surface area contributed by atoms with Crippen LogP contribution in [-0.4, -0.2) is 83.3 Å². The lowest BCUT2D eigenvalue weighted by molar-refractivity contribution is 0.0591. The van der Waals surface area contributed by atoms with Crippen LogP contribution in [0.1, 0.15) is 183 Å². The maximum atomic E-state index is 11.4. The number of benzene rings is 6. The summed E-state index contributed by atoms with van der Waals surface area (Å²) in [6, 6.07) is 44.4. The molecule has 0 aliphatic heterocycles. The van der Waals surface area contributed by atoms with E-state index in [2.05, 4.69) is 51.0 Å². The molecule has 15 heteroatoms. The molecule has 462 valence electrons. The van der Waals surface area contributed by atoms with E-state index < -0.39 is 29.5 Å². The van der Waals surface area contributed by atoms with E-state index in [0.29, 0.717) is 31.4 Å². The minimum absolute atomic E-state index is 0.239. The van der Waals surface area contributed by atoms with Gasteiger partial charge in [-0.25, -0.2) is 39.6 Å². The quantitative estimate of drug-likeness (QED) is 0.0414. The summed E-state index contributed by atoms with van der Waals surface area (Å²) in [6.45, 7) is 12.8. The standard InChI is InChI=1S/3C12H16O2.3C11H16O2S/c1-3-4-7-10-8-5-6-9-11(10)12(13)14-2;1-3-4-6-10-7-5-8-11(9-10)12(13)14-2;1-3-4-5-10-6-8-11(9-7-10)12(13)14-2;1-3-4-7-10-8-5-6-9-11(10)14(2,12)13;1-3-4-6-10-7-5-8-11(9-10)14(2,12)13;1-3-4-5-10-6-8-11(9-7-10)14(2,12)13/h5-6,8-9H,3-4,7H2,1-2H3;5,7-9H,3-4,6H2,1-2H3;6-9H,3-5H2,1-2H3;5-6,8-9H,3-4,7H2,1-2H3;5,7-9H,3-4,6H2,1-2H3;6-9H,3-5H2,1-2H3. The summed E-state index contributed by atoms with van der Waals surface area (Å²) in [5.74, 6) is -0.771. The van der Waals surface area contributed by atoms with Gasteiger partial charge in [0.1, 0.15) is 0 Å². The zero-order valence-electron chi connectivity index (χ0n) is 52.2. The van der Waals surface area contributed by atoms with Crippen molar-refractivity contribution in [3.63, 3.8) is 0 Å². The van der Waals surface area contributed by atoms with Crippen LogP contribution >= 0.6 is 0 Å². The first-order valence-corrected chi connectivity index (χ1v) is 35.0. The highest BCUT2D eigenvalue weighted by Gasteiger charge is 2.13. The Labute approximate surface area is 505 Å². The summed E-state index contributed by atoms with van der Waals surface area (Å²) in [4.78, 5) is 35.0. The molecule has 0 fully saturated rings. The van der Waals surface area contributed by atoms with Gasteiger partial charge in [0, 0.05) is 18.8 Å². The topological polar surface area (TPSA) is 181 Å². The molecule has 84 heavy (non-hydrogen) atoms. The Kier molecular flexibility index (Phi) is 38.2. The predicted molar refractivity (Wildman–Crippen MR) is 344 cm³/mol. The van der Waals surface area contributed by atoms with Crippen LogP contribution in [0.15, 0.2) is 160 Å². The van der Waals surface area contributed by atoms with Gasteiger partial charge < -0.3 is 14.2 Å². The number of methoxy groups -OCH3 is 3. The Bertz CT molecular complexity index is 3170. The molecule has 0 atom stereocenters. The first kappa shape index (κ1) is 75.6. The minimum atomic E-state index is -3.06. The predicted octanol–water partition coefficient (Wildman–Crippen LogP) is 15.7. The highest BCUT2D eigenvalue weighted by atomic mass is 32.2. The van der Waals surface area contributed by atoms with E-state index in [-0.39, 0.29) is 17.9 Å². The Hall–Kier alpha value is -6.42. The second-order valence-corrected chi connectivity index (χ2v) is 26.4. The van der Waals surface area contributed by atoms with Crippen molar-refractivity contribution in [1.82, 2.24) is 0 Å². The average molecular weight is 1210 g/mol. The van der Waals surface area contributed by atoms with E-state index in [4.69, 9.17) is 4.74 Å². The maximum absolute atomic E-state index is 11.4. The molecule has 0 radical (unpaired) electrons. The number of esters is 3. The Morgan fingerprint density at radius 2 is 0.714 bits per heavy atom. The lowest BCUT2D eigenvalue weighted by Crippen LogP contribution is -2.05. The van der Waals surface area contributed by atoms with Crippen molar-refractivity contribution in [3.05, 3.63) is 196 Å². The SMILES string of the molecule is CCCCc1ccc(C(=O)OC)cc1.CCCCc1ccc(S(C)(=O)=O)cc1.CCCCc1cccc(C(=O)OC)c1.CCCCc1cccc(S(C)(=O)=O)c1.CCCCc1ccccc1C(=O)OC.CCCCc1ccccc1S(C)(=O)=O. The zero-order valence-corrected chi connectivity index (χ0v) is 54.7. The van der Waals surface area contributed by atoms with Crippen LogP contribution in [0.5, 0.6) is 0 Å². The summed E-state index contributed by atoms with van der Waals surface area (Å²) >= 11 is 0. The molecular weight excluding hydrogens is 1120 g/mol. The molecule has 6 aromatic carbocycles. The van der Waals surface area contributed by atoms with Crippen molar-refractivity contribution in [1.29, 1.82) is 0 Å². The molecule has 0 saturated heterocycles. The smallest absolute Gasteiger partial charge is 0.338 e. The molecule has 12 nitrogen and oxygen atoms in total. The van der Waals surface area contributed by atoms with Crippen molar-refractivity contribution in [3.8, 4) is 0 Å². The third kappa shape index (κ3) is 31.5. The van der Waals surface area contributed by atoms with Gasteiger partial charge >= 0.3 is 17.9 Å². The number of hydrogen-bond acceptors (Lipinski definition) is 12. The van der Waals surface area contributed by atoms with E-state index >= 15 is 0 Å². The number of ether oxygens (including phenoxy) is 3. The van der Waals surface area contributed by atoms with E-state index in [1.54, 1.807) is 48.5 Å². The number of hydrogen-bond donors (Lipinski definition) is 0. The van der Waals surface area contributed by atoms with Crippen molar-refractivity contribution in [2.45, 2.75) is 172 Å². The first-order valence-electron chi connectivity index (χ1n) is 29.3. The van der Waals surface area contributed by atoms with Gasteiger partial charge in [-0.2, -0.15) is 0 Å². The van der Waals surface area contributed by atoms with Crippen LogP contribution in [0.2, 0.25) is 0 Å². The van der Waals surface area contributed by atoms with Gasteiger partial charge in [0.15, 0.2) is 29.5 Å². The number of rotatable bonds is 24. The van der Waals surface area contributed by atoms with Crippen LogP contribution < -0.4 is 0 Å². The Balaban J connectivity index is 0.000000504. The van der Waals surface area contributed by atoms with Crippen molar-refractivity contribution >= 4 is 47.4 Å². The molecule has 0 amide bonds. The van der Waals surface area contributed by atoms with Gasteiger partial charge in [-0.15, -0.1) is 0 Å². The summed E-state index contributed by atoms with van der Waals surface area (Å²) in [7, 11) is -4.94. The molecule has 0 aromatic heterocycles. The molecular formula is C69H96O12S3. The number of unbranched alkanes of at least 4 members (excludes halogenated alkanes) is 6. The summed E-state index contributed by atoms with van der Waals surface area (Å²) in [5, 5.41) is 0. The molecule has 6 aromatic rings. The van der Waals surface area contributed by atoms with E-state index in [1.165, 1.54) is 76.0 Å². The molecule has 0 aliphatic carbocycles. The fraction of sp³-hybridized carbons (Fsp3) is 0.435. The minimum Gasteiger partial charge on any atom is -0.465 e. The third-order valence-electron chi connectivity index (χ3n) is 13.1. The van der Waals surface area contributed by atoms with Crippen LogP contribution in [0.4, 0.5) is 0 Å². The van der Waals surface area contributed by atoms with Gasteiger partial charge in [-0.3, -0.25) is 0 Å². The van der Waals surface area contributed by atoms with Crippen molar-refractivity contribution in [2.75, 3.05) is 40.1 Å². The van der Waals surface area contributed by atoms with Gasteiger partial charge in [-0.05, 0) is 171 Å². The van der Waals surface area contributed by atoms with Gasteiger partial charge in [0.2, 0.25) is 0 Å². The highest BCUT2D eigenvalue weighted by molar-refractivity contribution is 7.91. The fourth-order valence-electron chi connectivity index (χ4n) is 8.11. The van der Waals surface area contributed by atoms with E-state index in [0.717, 1.165) is 113 Å². The van der Waals surface area contributed by atoms with Gasteiger partial charge in [-0.1, -0.05) is 165 Å². The molecule has 0 aliphatic rings. The van der Waals surface area contributed by atoms with Crippen molar-refractivity contribution in [2.24, 2.45) is 0 Å². The van der Waals surface area contributed by atoms with Crippen LogP contribution in [0.3, 0.4) is 0 Å². The van der Waals surface area contributed by atoms with Gasteiger partial charge in [0.25, 0.3) is 0 Å². The van der Waals surface area contributed by atoms with E-state index in [9.17, 15) is 39.6 Å². The molecule has 6 rings (SSSR count). The molecule has 0 saturated carbocycles. The number of sulfone groups is 3. The number of carbonyl (C=O) groups is 3. The average Bonchev–Trinajstić information content (AvgIpc) is 3.68. The fourth-order valence-corrected chi connectivity index (χ4v) is 10.4. The third-order valence-corrected chi connectivity index (χ3v) is 16.5. The van der Waals surface area contributed by atoms with Crippen LogP contribution in [0.25, 0.3) is 0 Å². The molecule has 0 heterocycles. The second-order valence-electron chi connectivity index (χ2n) is 20.4. The summed E-state index contributed by atoms with van der Waals surface area (Å²) in [5.41, 5.74) is 8.78. The van der Waals surface area contributed by atoms with Gasteiger partial charge in [0.05, 0.1) is 52.7 Å². The Morgan fingerprint density at radius 1 is 0.333 bits per heavy atom. The summed E-state index contributed by atoms with van der Waals surface area (Å²) in [6.07, 6.45) is 23.2. The molecule has 0 spiro atoms. The molecule has 0 N–H and O–H groups in total. The maximum Gasteiger partial charge on any atom is 0.338 e. The zero-order chi connectivity index (χ0) is 63.0. The van der Waals surface area contributed by atoms with Crippen molar-refractivity contribution < 1.29 is 53.8 Å². The normalized spacial score (nSPS) is 10.7. The lowest BCUT2D eigenvalue weighted by Gasteiger charge is -2.06. The summed E-state index contributed by atoms with van der Waals surface area (Å²) < 4.78 is 81.7. The lowest BCUT2D eigenvalue weighted by atomic mass is 10.0.